The molecule has 0 bridgehead atoms. The molecule has 1 aromatic rings. The average molecular weight is 295 g/mol. The van der Waals surface area contributed by atoms with E-state index in [0.29, 0.717) is 19.8 Å². The van der Waals surface area contributed by atoms with Gasteiger partial charge in [-0.25, -0.2) is 0 Å². The minimum absolute atomic E-state index is 0.00972. The van der Waals surface area contributed by atoms with Crippen molar-refractivity contribution in [3.63, 3.8) is 0 Å². The second-order valence-corrected chi connectivity index (χ2v) is 5.08. The standard InChI is InChI=1S/C16H25NO4/c1-5-17-16(15-10-20-6-7-21-15)12-9-14(19-4)13(18-3)8-11(12)2/h8-9,15-17H,5-7,10H2,1-4H3. The largest absolute Gasteiger partial charge is 0.493 e. The number of nitrogens with one attached hydrogen (secondary N) is 1. The molecule has 1 aromatic carbocycles. The summed E-state index contributed by atoms with van der Waals surface area (Å²) in [5.74, 6) is 1.48. The van der Waals surface area contributed by atoms with Crippen LogP contribution in [0.3, 0.4) is 0 Å². The second kappa shape index (κ2) is 7.64. The number of ether oxygens (including phenoxy) is 4. The van der Waals surface area contributed by atoms with Crippen molar-refractivity contribution in [2.75, 3.05) is 40.6 Å². The van der Waals surface area contributed by atoms with E-state index in [4.69, 9.17) is 18.9 Å². The molecular formula is C16H25NO4. The van der Waals surface area contributed by atoms with Crippen LogP contribution >= 0.6 is 0 Å². The Morgan fingerprint density at radius 2 is 1.95 bits per heavy atom. The number of rotatable bonds is 6. The van der Waals surface area contributed by atoms with Gasteiger partial charge in [0.05, 0.1) is 40.1 Å². The third-order valence-electron chi connectivity index (χ3n) is 3.74. The molecule has 1 aliphatic rings. The predicted octanol–water partition coefficient (Wildman–Crippen LogP) is 2.08. The van der Waals surface area contributed by atoms with E-state index in [1.807, 2.05) is 12.1 Å². The highest BCUT2D eigenvalue weighted by Crippen LogP contribution is 2.34. The fourth-order valence-electron chi connectivity index (χ4n) is 2.69. The quantitative estimate of drug-likeness (QED) is 0.871. The van der Waals surface area contributed by atoms with Gasteiger partial charge in [-0.1, -0.05) is 6.92 Å². The predicted molar refractivity (Wildman–Crippen MR) is 81.3 cm³/mol. The van der Waals surface area contributed by atoms with Gasteiger partial charge in [-0.3, -0.25) is 0 Å². The molecular weight excluding hydrogens is 270 g/mol. The third kappa shape index (κ3) is 3.67. The minimum atomic E-state index is 0.00972. The van der Waals surface area contributed by atoms with Gasteiger partial charge in [-0.15, -0.1) is 0 Å². The molecule has 2 unspecified atom stereocenters. The summed E-state index contributed by atoms with van der Waals surface area (Å²) in [6.07, 6.45) is 0.00972. The van der Waals surface area contributed by atoms with E-state index >= 15 is 0 Å². The monoisotopic (exact) mass is 295 g/mol. The summed E-state index contributed by atoms with van der Waals surface area (Å²) in [4.78, 5) is 0. The van der Waals surface area contributed by atoms with Crippen molar-refractivity contribution in [3.8, 4) is 11.5 Å². The normalized spacial score (nSPS) is 20.1. The summed E-state index contributed by atoms with van der Waals surface area (Å²) < 4.78 is 22.2. The Morgan fingerprint density at radius 3 is 2.52 bits per heavy atom. The van der Waals surface area contributed by atoms with Gasteiger partial charge >= 0.3 is 0 Å². The molecule has 1 heterocycles. The Morgan fingerprint density at radius 1 is 1.24 bits per heavy atom. The molecule has 1 aliphatic heterocycles. The van der Waals surface area contributed by atoms with Gasteiger partial charge in [0.15, 0.2) is 11.5 Å². The zero-order valence-electron chi connectivity index (χ0n) is 13.3. The van der Waals surface area contributed by atoms with E-state index in [2.05, 4.69) is 19.2 Å². The molecule has 1 fully saturated rings. The fraction of sp³-hybridized carbons (Fsp3) is 0.625. The van der Waals surface area contributed by atoms with Gasteiger partial charge < -0.3 is 24.3 Å². The Kier molecular flexibility index (Phi) is 5.85. The van der Waals surface area contributed by atoms with Crippen LogP contribution in [-0.4, -0.2) is 46.7 Å². The summed E-state index contributed by atoms with van der Waals surface area (Å²) in [5.41, 5.74) is 2.30. The van der Waals surface area contributed by atoms with Crippen LogP contribution < -0.4 is 14.8 Å². The molecule has 0 spiro atoms. The smallest absolute Gasteiger partial charge is 0.161 e. The molecule has 5 nitrogen and oxygen atoms in total. The SMILES string of the molecule is CCNC(c1cc(OC)c(OC)cc1C)C1COCCO1. The van der Waals surface area contributed by atoms with E-state index in [9.17, 15) is 0 Å². The maximum Gasteiger partial charge on any atom is 0.161 e. The molecule has 1 N–H and O–H groups in total. The summed E-state index contributed by atoms with van der Waals surface area (Å²) in [6, 6.07) is 4.11. The average Bonchev–Trinajstić information content (AvgIpc) is 2.53. The molecule has 21 heavy (non-hydrogen) atoms. The third-order valence-corrected chi connectivity index (χ3v) is 3.74. The van der Waals surface area contributed by atoms with E-state index in [1.165, 1.54) is 0 Å². The zero-order valence-corrected chi connectivity index (χ0v) is 13.3. The van der Waals surface area contributed by atoms with Crippen LogP contribution in [0.5, 0.6) is 11.5 Å². The van der Waals surface area contributed by atoms with Gasteiger partial charge in [0.1, 0.15) is 6.10 Å². The molecule has 0 saturated carbocycles. The maximum atomic E-state index is 5.87. The molecule has 118 valence electrons. The molecule has 2 rings (SSSR count). The van der Waals surface area contributed by atoms with Crippen LogP contribution in [0.2, 0.25) is 0 Å². The number of aryl methyl sites for hydroxylation is 1. The van der Waals surface area contributed by atoms with Crippen molar-refractivity contribution < 1.29 is 18.9 Å². The number of benzene rings is 1. The summed E-state index contributed by atoms with van der Waals surface area (Å²) in [6.45, 7) is 6.93. The first-order valence-corrected chi connectivity index (χ1v) is 7.36. The lowest BCUT2D eigenvalue weighted by Gasteiger charge is -2.32. The van der Waals surface area contributed by atoms with Crippen LogP contribution in [0.4, 0.5) is 0 Å². The highest BCUT2D eigenvalue weighted by Gasteiger charge is 2.28. The topological polar surface area (TPSA) is 49.0 Å². The number of hydrogen-bond acceptors (Lipinski definition) is 5. The van der Waals surface area contributed by atoms with Gasteiger partial charge in [-0.05, 0) is 36.7 Å². The maximum absolute atomic E-state index is 5.87. The van der Waals surface area contributed by atoms with Gasteiger partial charge in [-0.2, -0.15) is 0 Å². The second-order valence-electron chi connectivity index (χ2n) is 5.08. The number of methoxy groups -OCH3 is 2. The van der Waals surface area contributed by atoms with Gasteiger partial charge in [0, 0.05) is 0 Å². The lowest BCUT2D eigenvalue weighted by Crippen LogP contribution is -2.40. The zero-order chi connectivity index (χ0) is 15.2. The van der Waals surface area contributed by atoms with Gasteiger partial charge in [0.25, 0.3) is 0 Å². The molecule has 5 heteroatoms. The Hall–Kier alpha value is -1.30. The lowest BCUT2D eigenvalue weighted by molar-refractivity contribution is -0.102. The first kappa shape index (κ1) is 16.1. The van der Waals surface area contributed by atoms with Crippen molar-refractivity contribution in [2.45, 2.75) is 26.0 Å². The first-order valence-electron chi connectivity index (χ1n) is 7.36. The Labute approximate surface area is 126 Å². The molecule has 0 radical (unpaired) electrons. The Bertz CT molecular complexity index is 458. The van der Waals surface area contributed by atoms with E-state index in [-0.39, 0.29) is 12.1 Å². The molecule has 0 amide bonds. The highest BCUT2D eigenvalue weighted by molar-refractivity contribution is 5.48. The van der Waals surface area contributed by atoms with Crippen LogP contribution in [0.15, 0.2) is 12.1 Å². The highest BCUT2D eigenvalue weighted by atomic mass is 16.6. The summed E-state index contributed by atoms with van der Waals surface area (Å²) in [7, 11) is 3.30. The van der Waals surface area contributed by atoms with E-state index in [1.54, 1.807) is 14.2 Å². The minimum Gasteiger partial charge on any atom is -0.493 e. The van der Waals surface area contributed by atoms with Crippen molar-refractivity contribution in [2.24, 2.45) is 0 Å². The Balaban J connectivity index is 2.34. The van der Waals surface area contributed by atoms with Crippen LogP contribution in [0.1, 0.15) is 24.1 Å². The van der Waals surface area contributed by atoms with Crippen molar-refractivity contribution in [1.82, 2.24) is 5.32 Å². The summed E-state index contributed by atoms with van der Waals surface area (Å²) in [5, 5.41) is 3.50. The van der Waals surface area contributed by atoms with E-state index in [0.717, 1.165) is 29.2 Å². The van der Waals surface area contributed by atoms with Crippen molar-refractivity contribution in [3.05, 3.63) is 23.3 Å². The van der Waals surface area contributed by atoms with Crippen molar-refractivity contribution in [1.29, 1.82) is 0 Å². The summed E-state index contributed by atoms with van der Waals surface area (Å²) >= 11 is 0. The molecule has 1 saturated heterocycles. The van der Waals surface area contributed by atoms with Gasteiger partial charge in [0.2, 0.25) is 0 Å². The first-order chi connectivity index (χ1) is 10.2. The number of likely N-dealkylation sites (N-methyl/N-ethyl adjacent to an activating group) is 1. The molecule has 2 atom stereocenters. The van der Waals surface area contributed by atoms with Crippen LogP contribution in [-0.2, 0) is 9.47 Å². The van der Waals surface area contributed by atoms with Crippen molar-refractivity contribution >= 4 is 0 Å². The van der Waals surface area contributed by atoms with Crippen LogP contribution in [0.25, 0.3) is 0 Å². The fourth-order valence-corrected chi connectivity index (χ4v) is 2.69. The number of hydrogen-bond donors (Lipinski definition) is 1. The lowest BCUT2D eigenvalue weighted by atomic mass is 9.96. The van der Waals surface area contributed by atoms with Crippen LogP contribution in [0, 0.1) is 6.92 Å². The molecule has 0 aliphatic carbocycles. The van der Waals surface area contributed by atoms with E-state index < -0.39 is 0 Å². The molecule has 0 aromatic heterocycles.